The number of anilines is 1. The van der Waals surface area contributed by atoms with Gasteiger partial charge >= 0.3 is 12.0 Å². The van der Waals surface area contributed by atoms with Gasteiger partial charge in [-0.3, -0.25) is 4.79 Å². The molecule has 0 aliphatic carbocycles. The molecule has 0 saturated heterocycles. The Kier molecular flexibility index (Phi) is 5.92. The van der Waals surface area contributed by atoms with Gasteiger partial charge in [0.15, 0.2) is 0 Å². The average molecular weight is 318 g/mol. The largest absolute Gasteiger partial charge is 0.480 e. The molecule has 0 aromatic heterocycles. The van der Waals surface area contributed by atoms with Gasteiger partial charge in [0.1, 0.15) is 11.9 Å². The van der Waals surface area contributed by atoms with Crippen molar-refractivity contribution in [2.24, 2.45) is 5.73 Å². The van der Waals surface area contributed by atoms with Crippen molar-refractivity contribution in [3.8, 4) is 0 Å². The van der Waals surface area contributed by atoms with Crippen molar-refractivity contribution in [2.75, 3.05) is 5.32 Å². The SMILES string of the molecule is NC(=O)CC[C@@H](NC(=O)Nc1ccc(F)c(Cl)c1)C(=O)O. The lowest BCUT2D eigenvalue weighted by atomic mass is 10.1. The zero-order chi connectivity index (χ0) is 16.0. The molecule has 0 aliphatic rings. The number of carboxylic acids is 1. The van der Waals surface area contributed by atoms with Crippen LogP contribution in [-0.4, -0.2) is 29.1 Å². The normalized spacial score (nSPS) is 11.5. The molecule has 1 rings (SSSR count). The molecule has 0 fully saturated rings. The topological polar surface area (TPSA) is 122 Å². The van der Waals surface area contributed by atoms with Crippen molar-refractivity contribution in [3.63, 3.8) is 0 Å². The Labute approximate surface area is 124 Å². The third kappa shape index (κ3) is 5.65. The molecule has 9 heteroatoms. The predicted molar refractivity (Wildman–Crippen MR) is 73.4 cm³/mol. The number of hydrogen-bond donors (Lipinski definition) is 4. The highest BCUT2D eigenvalue weighted by Gasteiger charge is 2.20. The predicted octanol–water partition coefficient (Wildman–Crippen LogP) is 1.32. The molecule has 0 unspecified atom stereocenters. The molecule has 3 amide bonds. The number of hydrogen-bond acceptors (Lipinski definition) is 3. The van der Waals surface area contributed by atoms with Crippen molar-refractivity contribution in [3.05, 3.63) is 29.0 Å². The maximum atomic E-state index is 12.9. The van der Waals surface area contributed by atoms with Crippen LogP contribution in [0.2, 0.25) is 5.02 Å². The summed E-state index contributed by atoms with van der Waals surface area (Å²) in [6.45, 7) is 0. The molecule has 21 heavy (non-hydrogen) atoms. The first-order valence-corrected chi connectivity index (χ1v) is 6.21. The Morgan fingerprint density at radius 1 is 1.38 bits per heavy atom. The summed E-state index contributed by atoms with van der Waals surface area (Å²) < 4.78 is 12.9. The molecule has 7 nitrogen and oxygen atoms in total. The number of benzene rings is 1. The minimum atomic E-state index is -1.30. The van der Waals surface area contributed by atoms with Crippen LogP contribution >= 0.6 is 11.6 Å². The van der Waals surface area contributed by atoms with E-state index in [1.54, 1.807) is 0 Å². The van der Waals surface area contributed by atoms with Gasteiger partial charge < -0.3 is 21.5 Å². The minimum Gasteiger partial charge on any atom is -0.480 e. The fourth-order valence-electron chi connectivity index (χ4n) is 1.44. The summed E-state index contributed by atoms with van der Waals surface area (Å²) in [5, 5.41) is 13.2. The standard InChI is InChI=1S/C12H13ClFN3O4/c13-7-5-6(1-2-8(7)14)16-12(21)17-9(11(19)20)3-4-10(15)18/h1-2,5,9H,3-4H2,(H2,15,18)(H,19,20)(H2,16,17,21)/t9-/m1/s1. The van der Waals surface area contributed by atoms with Gasteiger partial charge in [0.05, 0.1) is 5.02 Å². The number of rotatable bonds is 6. The van der Waals surface area contributed by atoms with E-state index in [4.69, 9.17) is 22.4 Å². The molecular weight excluding hydrogens is 305 g/mol. The lowest BCUT2D eigenvalue weighted by Gasteiger charge is -2.14. The molecule has 114 valence electrons. The monoisotopic (exact) mass is 317 g/mol. The van der Waals surface area contributed by atoms with Gasteiger partial charge in [0, 0.05) is 12.1 Å². The Balaban J connectivity index is 2.62. The van der Waals surface area contributed by atoms with E-state index < -0.39 is 29.8 Å². The zero-order valence-electron chi connectivity index (χ0n) is 10.7. The summed E-state index contributed by atoms with van der Waals surface area (Å²) in [6.07, 6.45) is -0.318. The number of carboxylic acid groups (broad SMARTS) is 1. The van der Waals surface area contributed by atoms with Crippen LogP contribution in [0.25, 0.3) is 0 Å². The Hall–Kier alpha value is -2.35. The second-order valence-corrected chi connectivity index (χ2v) is 4.53. The average Bonchev–Trinajstić information content (AvgIpc) is 2.38. The minimum absolute atomic E-state index is 0.137. The molecule has 0 heterocycles. The van der Waals surface area contributed by atoms with Gasteiger partial charge in [-0.2, -0.15) is 0 Å². The van der Waals surface area contributed by atoms with Crippen LogP contribution in [0.5, 0.6) is 0 Å². The number of carbonyl (C=O) groups is 3. The first-order valence-electron chi connectivity index (χ1n) is 5.83. The number of aliphatic carboxylic acids is 1. The molecule has 1 aromatic carbocycles. The van der Waals surface area contributed by atoms with Crippen molar-refractivity contribution in [2.45, 2.75) is 18.9 Å². The number of halogens is 2. The van der Waals surface area contributed by atoms with Gasteiger partial charge in [0.25, 0.3) is 0 Å². The van der Waals surface area contributed by atoms with E-state index >= 15 is 0 Å². The molecule has 0 saturated carbocycles. The maximum Gasteiger partial charge on any atom is 0.326 e. The van der Waals surface area contributed by atoms with Crippen molar-refractivity contribution in [1.82, 2.24) is 5.32 Å². The van der Waals surface area contributed by atoms with E-state index in [9.17, 15) is 18.8 Å². The van der Waals surface area contributed by atoms with E-state index in [2.05, 4.69) is 10.6 Å². The van der Waals surface area contributed by atoms with Crippen LogP contribution < -0.4 is 16.4 Å². The quantitative estimate of drug-likeness (QED) is 0.632. The first kappa shape index (κ1) is 16.7. The molecule has 5 N–H and O–H groups in total. The summed E-state index contributed by atoms with van der Waals surface area (Å²) in [6, 6.07) is 1.40. The van der Waals surface area contributed by atoms with Gasteiger partial charge in [-0.15, -0.1) is 0 Å². The van der Waals surface area contributed by atoms with Gasteiger partial charge in [-0.25, -0.2) is 14.0 Å². The number of nitrogens with two attached hydrogens (primary N) is 1. The van der Waals surface area contributed by atoms with E-state index in [1.165, 1.54) is 12.1 Å². The number of primary amides is 1. The lowest BCUT2D eigenvalue weighted by Crippen LogP contribution is -2.43. The summed E-state index contributed by atoms with van der Waals surface area (Å²) in [5.74, 6) is -2.62. The third-order valence-electron chi connectivity index (χ3n) is 2.46. The van der Waals surface area contributed by atoms with Crippen molar-refractivity contribution >= 4 is 35.2 Å². The molecule has 0 radical (unpaired) electrons. The second kappa shape index (κ2) is 7.44. The second-order valence-electron chi connectivity index (χ2n) is 4.12. The summed E-state index contributed by atoms with van der Waals surface area (Å²) in [5.41, 5.74) is 5.11. The van der Waals surface area contributed by atoms with E-state index in [0.29, 0.717) is 0 Å². The Morgan fingerprint density at radius 2 is 2.05 bits per heavy atom. The van der Waals surface area contributed by atoms with E-state index in [-0.39, 0.29) is 23.6 Å². The number of amides is 3. The highest BCUT2D eigenvalue weighted by Crippen LogP contribution is 2.19. The summed E-state index contributed by atoms with van der Waals surface area (Å²) in [4.78, 5) is 33.2. The van der Waals surface area contributed by atoms with Crippen LogP contribution in [-0.2, 0) is 9.59 Å². The van der Waals surface area contributed by atoms with Gasteiger partial charge in [0.2, 0.25) is 5.91 Å². The van der Waals surface area contributed by atoms with Crippen molar-refractivity contribution < 1.29 is 23.9 Å². The fourth-order valence-corrected chi connectivity index (χ4v) is 1.62. The summed E-state index contributed by atoms with van der Waals surface area (Å²) in [7, 11) is 0. The number of nitrogens with one attached hydrogen (secondary N) is 2. The smallest absolute Gasteiger partial charge is 0.326 e. The highest BCUT2D eigenvalue weighted by molar-refractivity contribution is 6.31. The molecule has 1 atom stereocenters. The van der Waals surface area contributed by atoms with Crippen LogP contribution in [0.4, 0.5) is 14.9 Å². The third-order valence-corrected chi connectivity index (χ3v) is 2.75. The lowest BCUT2D eigenvalue weighted by molar-refractivity contribution is -0.139. The molecule has 0 spiro atoms. The number of urea groups is 1. The van der Waals surface area contributed by atoms with Gasteiger partial charge in [-0.1, -0.05) is 11.6 Å². The Bertz CT molecular complexity index is 567. The fraction of sp³-hybridized carbons (Fsp3) is 0.250. The van der Waals surface area contributed by atoms with E-state index in [1.807, 2.05) is 0 Å². The number of carbonyl (C=O) groups excluding carboxylic acids is 2. The maximum absolute atomic E-state index is 12.9. The van der Waals surface area contributed by atoms with Crippen LogP contribution in [0, 0.1) is 5.82 Å². The van der Waals surface area contributed by atoms with Crippen molar-refractivity contribution in [1.29, 1.82) is 0 Å². The van der Waals surface area contributed by atoms with Crippen LogP contribution in [0.1, 0.15) is 12.8 Å². The molecule has 1 aromatic rings. The first-order chi connectivity index (χ1) is 9.79. The zero-order valence-corrected chi connectivity index (χ0v) is 11.5. The van der Waals surface area contributed by atoms with Gasteiger partial charge in [-0.05, 0) is 24.6 Å². The molecule has 0 bridgehead atoms. The van der Waals surface area contributed by atoms with Crippen LogP contribution in [0.15, 0.2) is 18.2 Å². The summed E-state index contributed by atoms with van der Waals surface area (Å²) >= 11 is 5.55. The molecule has 0 aliphatic heterocycles. The highest BCUT2D eigenvalue weighted by atomic mass is 35.5. The van der Waals surface area contributed by atoms with Crippen LogP contribution in [0.3, 0.4) is 0 Å². The van der Waals surface area contributed by atoms with E-state index in [0.717, 1.165) is 6.07 Å². The Morgan fingerprint density at radius 3 is 2.57 bits per heavy atom. The molecular formula is C12H13ClFN3O4.